The Morgan fingerprint density at radius 2 is 1.62 bits per heavy atom. The molecule has 1 heterocycles. The molecule has 0 spiro atoms. The van der Waals surface area contributed by atoms with Gasteiger partial charge in [0.15, 0.2) is 0 Å². The van der Waals surface area contributed by atoms with Gasteiger partial charge in [0.05, 0.1) is 18.0 Å². The van der Waals surface area contributed by atoms with Gasteiger partial charge in [0.2, 0.25) is 15.9 Å². The lowest BCUT2D eigenvalue weighted by Gasteiger charge is -2.34. The van der Waals surface area contributed by atoms with Crippen molar-refractivity contribution >= 4 is 32.8 Å². The Morgan fingerprint density at radius 1 is 1.00 bits per heavy atom. The molecule has 0 N–H and O–H groups in total. The zero-order chi connectivity index (χ0) is 21.0. The van der Waals surface area contributed by atoms with Crippen molar-refractivity contribution in [3.05, 3.63) is 42.5 Å². The van der Waals surface area contributed by atoms with Crippen LogP contribution >= 0.6 is 0 Å². The van der Waals surface area contributed by atoms with Gasteiger partial charge in [-0.15, -0.1) is 0 Å². The summed E-state index contributed by atoms with van der Waals surface area (Å²) >= 11 is 0. The first-order valence-corrected chi connectivity index (χ1v) is 10.9. The summed E-state index contributed by atoms with van der Waals surface area (Å²) in [5.41, 5.74) is 0. The number of hydrogen-bond acceptors (Lipinski definition) is 5. The van der Waals surface area contributed by atoms with Crippen molar-refractivity contribution in [2.45, 2.75) is 11.8 Å². The second-order valence-corrected chi connectivity index (χ2v) is 8.88. The van der Waals surface area contributed by atoms with Gasteiger partial charge in [0.25, 0.3) is 0 Å². The molecule has 8 nitrogen and oxygen atoms in total. The molecule has 1 aliphatic heterocycles. The summed E-state index contributed by atoms with van der Waals surface area (Å²) in [6.45, 7) is 3.22. The number of amides is 2. The normalized spacial score (nSPS) is 15.0. The molecule has 1 fully saturated rings. The van der Waals surface area contributed by atoms with E-state index in [0.29, 0.717) is 32.8 Å². The molecule has 0 aliphatic carbocycles. The number of likely N-dealkylation sites (N-methyl/N-ethyl adjacent to an activating group) is 1. The molecule has 0 bridgehead atoms. The van der Waals surface area contributed by atoms with E-state index in [0.717, 1.165) is 15.1 Å². The lowest BCUT2D eigenvalue weighted by Crippen LogP contribution is -2.52. The van der Waals surface area contributed by atoms with Gasteiger partial charge in [-0.1, -0.05) is 30.3 Å². The summed E-state index contributed by atoms with van der Waals surface area (Å²) in [5, 5.41) is 1.77. The monoisotopic (exact) mass is 419 g/mol. The van der Waals surface area contributed by atoms with Crippen molar-refractivity contribution in [1.29, 1.82) is 0 Å². The fraction of sp³-hybridized carbons (Fsp3) is 0.400. The Kier molecular flexibility index (Phi) is 6.39. The Hall–Kier alpha value is -2.65. The van der Waals surface area contributed by atoms with E-state index < -0.39 is 16.1 Å². The number of sulfonamides is 1. The summed E-state index contributed by atoms with van der Waals surface area (Å²) < 4.78 is 31.8. The second-order valence-electron chi connectivity index (χ2n) is 6.84. The van der Waals surface area contributed by atoms with Crippen LogP contribution in [0.5, 0.6) is 0 Å². The topological polar surface area (TPSA) is 87.2 Å². The molecule has 0 unspecified atom stereocenters. The van der Waals surface area contributed by atoms with Crippen LogP contribution in [0.25, 0.3) is 10.8 Å². The maximum Gasteiger partial charge on any atom is 0.409 e. The lowest BCUT2D eigenvalue weighted by molar-refractivity contribution is -0.132. The smallest absolute Gasteiger partial charge is 0.409 e. The first kappa shape index (κ1) is 21.1. The number of rotatable bonds is 5. The van der Waals surface area contributed by atoms with E-state index in [4.69, 9.17) is 4.74 Å². The van der Waals surface area contributed by atoms with Gasteiger partial charge in [-0.05, 0) is 29.8 Å². The minimum Gasteiger partial charge on any atom is -0.450 e. The third kappa shape index (κ3) is 4.68. The Balaban J connectivity index is 1.63. The number of nitrogens with zero attached hydrogens (tertiary/aromatic N) is 3. The summed E-state index contributed by atoms with van der Waals surface area (Å²) in [6.07, 6.45) is -0.393. The van der Waals surface area contributed by atoms with Gasteiger partial charge >= 0.3 is 6.09 Å². The molecular formula is C20H25N3O5S. The largest absolute Gasteiger partial charge is 0.450 e. The highest BCUT2D eigenvalue weighted by Crippen LogP contribution is 2.21. The van der Waals surface area contributed by atoms with Crippen LogP contribution in [0.1, 0.15) is 6.92 Å². The molecule has 9 heteroatoms. The average Bonchev–Trinajstić information content (AvgIpc) is 2.73. The van der Waals surface area contributed by atoms with E-state index >= 15 is 0 Å². The van der Waals surface area contributed by atoms with Crippen LogP contribution in [0.2, 0.25) is 0 Å². The van der Waals surface area contributed by atoms with E-state index in [2.05, 4.69) is 0 Å². The minimum atomic E-state index is -3.79. The molecule has 1 aliphatic rings. The molecule has 156 valence electrons. The van der Waals surface area contributed by atoms with E-state index in [1.807, 2.05) is 24.3 Å². The fourth-order valence-electron chi connectivity index (χ4n) is 3.24. The minimum absolute atomic E-state index is 0.152. The van der Waals surface area contributed by atoms with Crippen LogP contribution in [-0.4, -0.2) is 80.9 Å². The number of fused-ring (bicyclic) bond motifs is 1. The van der Waals surface area contributed by atoms with Crippen molar-refractivity contribution in [3.63, 3.8) is 0 Å². The number of carbonyl (C=O) groups is 2. The fourth-order valence-corrected chi connectivity index (χ4v) is 4.39. The van der Waals surface area contributed by atoms with Crippen LogP contribution in [0.15, 0.2) is 47.4 Å². The summed E-state index contributed by atoms with van der Waals surface area (Å²) in [6, 6.07) is 12.4. The van der Waals surface area contributed by atoms with E-state index in [1.165, 1.54) is 7.05 Å². The lowest BCUT2D eigenvalue weighted by atomic mass is 10.1. The van der Waals surface area contributed by atoms with Crippen LogP contribution in [0.4, 0.5) is 4.79 Å². The third-order valence-corrected chi connectivity index (χ3v) is 6.74. The second kappa shape index (κ2) is 8.79. The predicted molar refractivity (Wildman–Crippen MR) is 109 cm³/mol. The molecule has 0 atom stereocenters. The first-order chi connectivity index (χ1) is 13.8. The number of ether oxygens (including phenoxy) is 1. The Labute approximate surface area is 170 Å². The molecule has 0 aromatic heterocycles. The molecule has 1 saturated heterocycles. The van der Waals surface area contributed by atoms with Crippen molar-refractivity contribution in [2.75, 3.05) is 46.4 Å². The third-order valence-electron chi connectivity index (χ3n) is 4.95. The zero-order valence-electron chi connectivity index (χ0n) is 16.6. The molecule has 0 radical (unpaired) electrons. The van der Waals surface area contributed by atoms with Crippen molar-refractivity contribution < 1.29 is 22.7 Å². The number of hydrogen-bond donors (Lipinski definition) is 0. The van der Waals surface area contributed by atoms with Crippen LogP contribution in [0.3, 0.4) is 0 Å². The predicted octanol–water partition coefficient (Wildman–Crippen LogP) is 1.76. The van der Waals surface area contributed by atoms with Gasteiger partial charge in [0.1, 0.15) is 0 Å². The van der Waals surface area contributed by atoms with Crippen LogP contribution < -0.4 is 0 Å². The van der Waals surface area contributed by atoms with Crippen molar-refractivity contribution in [3.8, 4) is 0 Å². The van der Waals surface area contributed by atoms with E-state index in [1.54, 1.807) is 34.9 Å². The number of carbonyl (C=O) groups excluding carboxylic acids is 2. The Bertz CT molecular complexity index is 1000. The maximum absolute atomic E-state index is 12.9. The highest BCUT2D eigenvalue weighted by Gasteiger charge is 2.28. The average molecular weight is 420 g/mol. The Morgan fingerprint density at radius 3 is 2.28 bits per heavy atom. The number of benzene rings is 2. The van der Waals surface area contributed by atoms with Crippen LogP contribution in [-0.2, 0) is 19.6 Å². The first-order valence-electron chi connectivity index (χ1n) is 9.47. The highest BCUT2D eigenvalue weighted by atomic mass is 32.2. The molecular weight excluding hydrogens is 394 g/mol. The molecule has 29 heavy (non-hydrogen) atoms. The molecule has 0 saturated carbocycles. The van der Waals surface area contributed by atoms with Gasteiger partial charge in [-0.25, -0.2) is 13.2 Å². The van der Waals surface area contributed by atoms with E-state index in [9.17, 15) is 18.0 Å². The molecule has 2 amide bonds. The van der Waals surface area contributed by atoms with Gasteiger partial charge in [0, 0.05) is 33.2 Å². The van der Waals surface area contributed by atoms with E-state index in [-0.39, 0.29) is 17.3 Å². The maximum atomic E-state index is 12.9. The highest BCUT2D eigenvalue weighted by molar-refractivity contribution is 7.89. The number of piperazine rings is 1. The zero-order valence-corrected chi connectivity index (χ0v) is 17.4. The SMILES string of the molecule is CCOC(=O)N1CCN(C(=O)CN(C)S(=O)(=O)c2ccc3ccccc3c2)CC1. The molecule has 3 rings (SSSR count). The van der Waals surface area contributed by atoms with Crippen LogP contribution in [0, 0.1) is 0 Å². The van der Waals surface area contributed by atoms with Gasteiger partial charge in [-0.2, -0.15) is 4.31 Å². The molecule has 2 aromatic rings. The summed E-state index contributed by atoms with van der Waals surface area (Å²) in [5.74, 6) is -0.291. The van der Waals surface area contributed by atoms with Crippen molar-refractivity contribution in [1.82, 2.24) is 14.1 Å². The van der Waals surface area contributed by atoms with Crippen molar-refractivity contribution in [2.24, 2.45) is 0 Å². The molecule has 2 aromatic carbocycles. The summed E-state index contributed by atoms with van der Waals surface area (Å²) in [7, 11) is -2.39. The summed E-state index contributed by atoms with van der Waals surface area (Å²) in [4.78, 5) is 27.6. The van der Waals surface area contributed by atoms with Gasteiger partial charge < -0.3 is 14.5 Å². The quantitative estimate of drug-likeness (QED) is 0.737. The standard InChI is InChI=1S/C20H25N3O5S/c1-3-28-20(25)23-12-10-22(11-13-23)19(24)15-21(2)29(26,27)18-9-8-16-6-4-5-7-17(16)14-18/h4-9,14H,3,10-13,15H2,1-2H3. The van der Waals surface area contributed by atoms with Gasteiger partial charge in [-0.3, -0.25) is 4.79 Å².